The quantitative estimate of drug-likeness (QED) is 0.763. The predicted molar refractivity (Wildman–Crippen MR) is 93.3 cm³/mol. The number of phenols is 1. The Labute approximate surface area is 147 Å². The van der Waals surface area contributed by atoms with Crippen molar-refractivity contribution in [3.8, 4) is 5.75 Å². The Bertz CT molecular complexity index is 858. The topological polar surface area (TPSA) is 107 Å². The van der Waals surface area contributed by atoms with Crippen molar-refractivity contribution < 1.29 is 23.1 Å². The third-order valence-corrected chi connectivity index (χ3v) is 5.33. The van der Waals surface area contributed by atoms with Crippen LogP contribution >= 0.6 is 0 Å². The maximum absolute atomic E-state index is 12.8. The van der Waals surface area contributed by atoms with Gasteiger partial charge in [0.1, 0.15) is 11.3 Å². The van der Waals surface area contributed by atoms with E-state index in [0.717, 1.165) is 11.6 Å². The van der Waals surface area contributed by atoms with Gasteiger partial charge in [0.15, 0.2) is 0 Å². The minimum Gasteiger partial charge on any atom is -0.507 e. The number of hydrogen-bond donors (Lipinski definition) is 2. The van der Waals surface area contributed by atoms with Crippen LogP contribution in [-0.4, -0.2) is 32.1 Å². The van der Waals surface area contributed by atoms with Gasteiger partial charge in [0.25, 0.3) is 0 Å². The minimum absolute atomic E-state index is 0.0216. The number of carbonyl (C=O) groups is 1. The lowest BCUT2D eigenvalue weighted by Gasteiger charge is -2.10. The van der Waals surface area contributed by atoms with E-state index >= 15 is 0 Å². The highest BCUT2D eigenvalue weighted by atomic mass is 32.2. The van der Waals surface area contributed by atoms with Gasteiger partial charge >= 0.3 is 5.97 Å². The van der Waals surface area contributed by atoms with Crippen LogP contribution in [0.2, 0.25) is 0 Å². The number of benzene rings is 2. The number of ether oxygens (including phenoxy) is 1. The molecule has 7 heteroatoms. The van der Waals surface area contributed by atoms with Crippen LogP contribution in [-0.2, 0) is 21.0 Å². The van der Waals surface area contributed by atoms with Crippen molar-refractivity contribution in [1.82, 2.24) is 0 Å². The molecule has 0 aromatic heterocycles. The number of aromatic hydroxyl groups is 1. The van der Waals surface area contributed by atoms with Crippen LogP contribution < -0.4 is 5.73 Å². The summed E-state index contributed by atoms with van der Waals surface area (Å²) in [5.41, 5.74) is 6.49. The highest BCUT2D eigenvalue weighted by molar-refractivity contribution is 7.91. The molecule has 134 valence electrons. The van der Waals surface area contributed by atoms with Crippen LogP contribution in [0.15, 0.2) is 52.3 Å². The standard InChI is InChI=1S/C18H21NO5S/c1-3-24-18(21)16-11-15(8-9-17(16)20)25(22,23)14-6-4-13(5-7-14)10-12(2)19/h4-9,11-12,20H,3,10,19H2,1-2H3/t12-/m1/s1. The summed E-state index contributed by atoms with van der Waals surface area (Å²) < 4.78 is 30.3. The van der Waals surface area contributed by atoms with Gasteiger partial charge in [-0.1, -0.05) is 12.1 Å². The van der Waals surface area contributed by atoms with Crippen LogP contribution in [0, 0.1) is 0 Å². The number of sulfone groups is 1. The highest BCUT2D eigenvalue weighted by Crippen LogP contribution is 2.27. The Morgan fingerprint density at radius 3 is 2.32 bits per heavy atom. The molecular formula is C18H21NO5S. The highest BCUT2D eigenvalue weighted by Gasteiger charge is 2.22. The molecule has 2 aromatic carbocycles. The van der Waals surface area contributed by atoms with E-state index in [1.807, 2.05) is 6.92 Å². The lowest BCUT2D eigenvalue weighted by molar-refractivity contribution is 0.0522. The van der Waals surface area contributed by atoms with E-state index in [0.29, 0.717) is 6.42 Å². The average molecular weight is 363 g/mol. The first-order valence-corrected chi connectivity index (χ1v) is 9.33. The van der Waals surface area contributed by atoms with E-state index in [-0.39, 0.29) is 33.8 Å². The fraction of sp³-hybridized carbons (Fsp3) is 0.278. The van der Waals surface area contributed by atoms with Crippen LogP contribution in [0.4, 0.5) is 0 Å². The average Bonchev–Trinajstić information content (AvgIpc) is 2.55. The predicted octanol–water partition coefficient (Wildman–Crippen LogP) is 2.29. The summed E-state index contributed by atoms with van der Waals surface area (Å²) in [7, 11) is -3.82. The Kier molecular flexibility index (Phi) is 5.81. The molecule has 2 aromatic rings. The Balaban J connectivity index is 2.39. The van der Waals surface area contributed by atoms with Crippen LogP contribution in [0.1, 0.15) is 29.8 Å². The van der Waals surface area contributed by atoms with Gasteiger partial charge in [-0.15, -0.1) is 0 Å². The van der Waals surface area contributed by atoms with Gasteiger partial charge in [-0.3, -0.25) is 0 Å². The van der Waals surface area contributed by atoms with Gasteiger partial charge in [0, 0.05) is 6.04 Å². The second kappa shape index (κ2) is 7.67. The van der Waals surface area contributed by atoms with E-state index in [9.17, 15) is 18.3 Å². The molecule has 0 bridgehead atoms. The van der Waals surface area contributed by atoms with Gasteiger partial charge in [0.05, 0.1) is 16.4 Å². The fourth-order valence-corrected chi connectivity index (χ4v) is 3.65. The molecule has 0 fully saturated rings. The molecule has 25 heavy (non-hydrogen) atoms. The molecule has 3 N–H and O–H groups in total. The molecule has 1 atom stereocenters. The fourth-order valence-electron chi connectivity index (χ4n) is 2.37. The lowest BCUT2D eigenvalue weighted by atomic mass is 10.1. The van der Waals surface area contributed by atoms with Crippen LogP contribution in [0.5, 0.6) is 5.75 Å². The van der Waals surface area contributed by atoms with Crippen LogP contribution in [0.3, 0.4) is 0 Å². The number of nitrogens with two attached hydrogens (primary N) is 1. The smallest absolute Gasteiger partial charge is 0.341 e. The van der Waals surface area contributed by atoms with E-state index in [1.54, 1.807) is 19.1 Å². The number of phenolic OH excluding ortho intramolecular Hbond substituents is 1. The van der Waals surface area contributed by atoms with Crippen molar-refractivity contribution in [2.75, 3.05) is 6.61 Å². The zero-order chi connectivity index (χ0) is 18.6. The summed E-state index contributed by atoms with van der Waals surface area (Å²) in [5.74, 6) is -1.10. The molecule has 0 radical (unpaired) electrons. The zero-order valence-corrected chi connectivity index (χ0v) is 14.9. The first-order chi connectivity index (χ1) is 11.8. The molecule has 0 saturated carbocycles. The molecule has 0 heterocycles. The Hall–Kier alpha value is -2.38. The summed E-state index contributed by atoms with van der Waals surface area (Å²) >= 11 is 0. The summed E-state index contributed by atoms with van der Waals surface area (Å²) in [5, 5.41) is 9.78. The third-order valence-electron chi connectivity index (χ3n) is 3.56. The van der Waals surface area contributed by atoms with Crippen molar-refractivity contribution in [3.05, 3.63) is 53.6 Å². The molecular weight excluding hydrogens is 342 g/mol. The Morgan fingerprint density at radius 2 is 1.76 bits per heavy atom. The number of esters is 1. The van der Waals surface area contributed by atoms with E-state index in [2.05, 4.69) is 0 Å². The molecule has 0 unspecified atom stereocenters. The second-order valence-electron chi connectivity index (χ2n) is 5.73. The van der Waals surface area contributed by atoms with Gasteiger partial charge in [-0.25, -0.2) is 13.2 Å². The van der Waals surface area contributed by atoms with Crippen molar-refractivity contribution in [1.29, 1.82) is 0 Å². The molecule has 0 amide bonds. The largest absolute Gasteiger partial charge is 0.507 e. The van der Waals surface area contributed by atoms with Crippen molar-refractivity contribution >= 4 is 15.8 Å². The van der Waals surface area contributed by atoms with Crippen LogP contribution in [0.25, 0.3) is 0 Å². The maximum atomic E-state index is 12.8. The number of hydrogen-bond acceptors (Lipinski definition) is 6. The van der Waals surface area contributed by atoms with Gasteiger partial charge in [-0.05, 0) is 56.2 Å². The van der Waals surface area contributed by atoms with E-state index in [1.165, 1.54) is 24.3 Å². The van der Waals surface area contributed by atoms with E-state index < -0.39 is 15.8 Å². The SMILES string of the molecule is CCOC(=O)c1cc(S(=O)(=O)c2ccc(C[C@@H](C)N)cc2)ccc1O. The molecule has 0 aliphatic rings. The molecule has 0 aliphatic heterocycles. The zero-order valence-electron chi connectivity index (χ0n) is 14.1. The monoisotopic (exact) mass is 363 g/mol. The Morgan fingerprint density at radius 1 is 1.16 bits per heavy atom. The minimum atomic E-state index is -3.82. The number of carbonyl (C=O) groups excluding carboxylic acids is 1. The van der Waals surface area contributed by atoms with Crippen molar-refractivity contribution in [2.45, 2.75) is 36.1 Å². The normalized spacial score (nSPS) is 12.6. The molecule has 6 nitrogen and oxygen atoms in total. The molecule has 0 saturated heterocycles. The molecule has 2 rings (SSSR count). The summed E-state index contributed by atoms with van der Waals surface area (Å²) in [4.78, 5) is 11.8. The van der Waals surface area contributed by atoms with E-state index in [4.69, 9.17) is 10.5 Å². The maximum Gasteiger partial charge on any atom is 0.341 e. The summed E-state index contributed by atoms with van der Waals surface area (Å²) in [6, 6.07) is 9.96. The first-order valence-electron chi connectivity index (χ1n) is 7.85. The van der Waals surface area contributed by atoms with Gasteiger partial charge < -0.3 is 15.6 Å². The van der Waals surface area contributed by atoms with Crippen molar-refractivity contribution in [3.63, 3.8) is 0 Å². The summed E-state index contributed by atoms with van der Waals surface area (Å²) in [6.07, 6.45) is 0.645. The number of rotatable bonds is 6. The molecule has 0 aliphatic carbocycles. The molecule has 0 spiro atoms. The van der Waals surface area contributed by atoms with Crippen molar-refractivity contribution in [2.24, 2.45) is 5.73 Å². The first kappa shape index (κ1) is 19.0. The summed E-state index contributed by atoms with van der Waals surface area (Å²) in [6.45, 7) is 3.62. The lowest BCUT2D eigenvalue weighted by Crippen LogP contribution is -2.17. The van der Waals surface area contributed by atoms with Gasteiger partial charge in [0.2, 0.25) is 9.84 Å². The third kappa shape index (κ3) is 4.37. The second-order valence-corrected chi connectivity index (χ2v) is 7.68. The van der Waals surface area contributed by atoms with Gasteiger partial charge in [-0.2, -0.15) is 0 Å².